The summed E-state index contributed by atoms with van der Waals surface area (Å²) in [4.78, 5) is 13.2. The van der Waals surface area contributed by atoms with Crippen molar-refractivity contribution in [1.82, 2.24) is 4.90 Å². The predicted molar refractivity (Wildman–Crippen MR) is 71.5 cm³/mol. The molecule has 1 heterocycles. The van der Waals surface area contributed by atoms with Gasteiger partial charge in [0, 0.05) is 24.1 Å². The zero-order valence-electron chi connectivity index (χ0n) is 11.1. The monoisotopic (exact) mass is 261 g/mol. The van der Waals surface area contributed by atoms with E-state index in [9.17, 15) is 4.79 Å². The van der Waals surface area contributed by atoms with Gasteiger partial charge in [0.05, 0.1) is 6.42 Å². The highest BCUT2D eigenvalue weighted by atomic mass is 16.5. The molecule has 0 bridgehead atoms. The quantitative estimate of drug-likeness (QED) is 0.879. The molecule has 102 valence electrons. The number of hydrogen-bond acceptors (Lipinski definition) is 3. The van der Waals surface area contributed by atoms with Gasteiger partial charge >= 0.3 is 5.97 Å². The molecule has 19 heavy (non-hydrogen) atoms. The molecule has 1 N–H and O–H groups in total. The molecule has 2 fully saturated rings. The minimum atomic E-state index is -0.726. The van der Waals surface area contributed by atoms with Gasteiger partial charge in [-0.3, -0.25) is 9.69 Å². The molecule has 1 saturated carbocycles. The molecule has 1 saturated heterocycles. The average molecular weight is 261 g/mol. The van der Waals surface area contributed by atoms with Gasteiger partial charge in [-0.05, 0) is 26.0 Å². The van der Waals surface area contributed by atoms with E-state index in [1.807, 2.05) is 24.3 Å². The normalized spacial score (nSPS) is 21.7. The summed E-state index contributed by atoms with van der Waals surface area (Å²) in [5.41, 5.74) is 0.893. The van der Waals surface area contributed by atoms with Crippen LogP contribution in [0.5, 0.6) is 5.75 Å². The Balaban J connectivity index is 1.79. The van der Waals surface area contributed by atoms with E-state index in [0.717, 1.165) is 37.2 Å². The van der Waals surface area contributed by atoms with E-state index in [-0.39, 0.29) is 17.9 Å². The molecule has 4 heteroatoms. The first-order chi connectivity index (χ1) is 9.09. The number of ether oxygens (including phenoxy) is 1. The van der Waals surface area contributed by atoms with Crippen molar-refractivity contribution in [2.75, 3.05) is 20.1 Å². The number of likely N-dealkylation sites (tertiary alicyclic amines) is 1. The largest absolute Gasteiger partial charge is 0.487 e. The third kappa shape index (κ3) is 2.45. The molecular formula is C15H19NO3. The third-order valence-corrected chi connectivity index (χ3v) is 4.13. The number of benzene rings is 1. The highest BCUT2D eigenvalue weighted by Gasteiger charge is 2.48. The minimum Gasteiger partial charge on any atom is -0.487 e. The lowest BCUT2D eigenvalue weighted by Gasteiger charge is -2.36. The van der Waals surface area contributed by atoms with Crippen molar-refractivity contribution >= 4 is 5.97 Å². The van der Waals surface area contributed by atoms with E-state index in [4.69, 9.17) is 9.84 Å². The summed E-state index contributed by atoms with van der Waals surface area (Å²) in [6, 6.07) is 7.91. The molecule has 4 nitrogen and oxygen atoms in total. The number of hydrogen-bond donors (Lipinski definition) is 1. The lowest BCUT2D eigenvalue weighted by molar-refractivity contribution is -0.137. The highest BCUT2D eigenvalue weighted by molar-refractivity contribution is 5.70. The molecular weight excluding hydrogens is 242 g/mol. The van der Waals surface area contributed by atoms with Crippen LogP contribution in [0.3, 0.4) is 0 Å². The van der Waals surface area contributed by atoms with E-state index >= 15 is 0 Å². The summed E-state index contributed by atoms with van der Waals surface area (Å²) in [6.07, 6.45) is 2.35. The molecule has 0 radical (unpaired) electrons. The minimum absolute atomic E-state index is 0.182. The first-order valence-electron chi connectivity index (χ1n) is 6.76. The molecule has 2 aliphatic rings. The molecule has 0 amide bonds. The van der Waals surface area contributed by atoms with Crippen molar-refractivity contribution in [3.05, 3.63) is 29.8 Å². The van der Waals surface area contributed by atoms with Crippen molar-refractivity contribution in [1.29, 1.82) is 0 Å². The standard InChI is InChI=1S/C15H19NO3/c1-16-9-11(10-16)19-13-5-3-2-4-12(13)15(6-7-15)8-14(17)18/h2-5,11H,6-10H2,1H3,(H,17,18). The van der Waals surface area contributed by atoms with Gasteiger partial charge in [-0.1, -0.05) is 18.2 Å². The first-order valence-corrected chi connectivity index (χ1v) is 6.76. The Bertz CT molecular complexity index is 490. The number of rotatable bonds is 5. The second-order valence-electron chi connectivity index (χ2n) is 5.81. The maximum Gasteiger partial charge on any atom is 0.304 e. The van der Waals surface area contributed by atoms with Crippen LogP contribution < -0.4 is 4.74 Å². The molecule has 1 aliphatic carbocycles. The fourth-order valence-corrected chi connectivity index (χ4v) is 2.89. The molecule has 1 aromatic rings. The van der Waals surface area contributed by atoms with E-state index in [1.165, 1.54) is 0 Å². The Labute approximate surface area is 113 Å². The fourth-order valence-electron chi connectivity index (χ4n) is 2.89. The summed E-state index contributed by atoms with van der Waals surface area (Å²) in [5.74, 6) is 0.148. The summed E-state index contributed by atoms with van der Waals surface area (Å²) < 4.78 is 6.03. The van der Waals surface area contributed by atoms with Crippen LogP contribution in [0.25, 0.3) is 0 Å². The van der Waals surface area contributed by atoms with Crippen molar-refractivity contribution in [3.8, 4) is 5.75 Å². The number of carbonyl (C=O) groups is 1. The maximum atomic E-state index is 11.0. The van der Waals surface area contributed by atoms with Crippen molar-refractivity contribution in [2.45, 2.75) is 30.8 Å². The number of carboxylic acids is 1. The number of likely N-dealkylation sites (N-methyl/N-ethyl adjacent to an activating group) is 1. The van der Waals surface area contributed by atoms with E-state index in [0.29, 0.717) is 0 Å². The van der Waals surface area contributed by atoms with Gasteiger partial charge in [-0.2, -0.15) is 0 Å². The maximum absolute atomic E-state index is 11.0. The van der Waals surface area contributed by atoms with Gasteiger partial charge < -0.3 is 9.84 Å². The Kier molecular flexibility index (Phi) is 2.97. The number of para-hydroxylation sites is 1. The highest BCUT2D eigenvalue weighted by Crippen LogP contribution is 2.53. The van der Waals surface area contributed by atoms with Gasteiger partial charge in [-0.25, -0.2) is 0 Å². The summed E-state index contributed by atoms with van der Waals surface area (Å²) >= 11 is 0. The lowest BCUT2D eigenvalue weighted by atomic mass is 9.91. The fraction of sp³-hybridized carbons (Fsp3) is 0.533. The van der Waals surface area contributed by atoms with Crippen molar-refractivity contribution in [3.63, 3.8) is 0 Å². The Morgan fingerprint density at radius 1 is 1.42 bits per heavy atom. The summed E-state index contributed by atoms with van der Waals surface area (Å²) in [6.45, 7) is 1.89. The molecule has 3 rings (SSSR count). The van der Waals surface area contributed by atoms with Gasteiger partial charge in [0.25, 0.3) is 0 Å². The SMILES string of the molecule is CN1CC(Oc2ccccc2C2(CC(=O)O)CC2)C1. The number of carboxylic acid groups (broad SMARTS) is 1. The molecule has 0 unspecified atom stereocenters. The second kappa shape index (κ2) is 4.53. The van der Waals surface area contributed by atoms with E-state index in [1.54, 1.807) is 0 Å². The van der Waals surface area contributed by atoms with Gasteiger partial charge in [0.15, 0.2) is 0 Å². The van der Waals surface area contributed by atoms with Crippen LogP contribution in [0, 0.1) is 0 Å². The lowest BCUT2D eigenvalue weighted by Crippen LogP contribution is -2.51. The van der Waals surface area contributed by atoms with Crippen LogP contribution in [-0.2, 0) is 10.2 Å². The summed E-state index contributed by atoms with van der Waals surface area (Å²) in [5, 5.41) is 9.07. The zero-order valence-corrected chi connectivity index (χ0v) is 11.1. The smallest absolute Gasteiger partial charge is 0.304 e. The molecule has 1 aliphatic heterocycles. The third-order valence-electron chi connectivity index (χ3n) is 4.13. The zero-order chi connectivity index (χ0) is 13.5. The van der Waals surface area contributed by atoms with Crippen molar-refractivity contribution in [2.24, 2.45) is 0 Å². The number of aliphatic carboxylic acids is 1. The Morgan fingerprint density at radius 3 is 2.68 bits per heavy atom. The van der Waals surface area contributed by atoms with Gasteiger partial charge in [0.2, 0.25) is 0 Å². The summed E-state index contributed by atoms with van der Waals surface area (Å²) in [7, 11) is 2.07. The van der Waals surface area contributed by atoms with Gasteiger partial charge in [-0.15, -0.1) is 0 Å². The van der Waals surface area contributed by atoms with Crippen LogP contribution in [0.2, 0.25) is 0 Å². The Morgan fingerprint density at radius 2 is 2.11 bits per heavy atom. The average Bonchev–Trinajstić information content (AvgIpc) is 3.07. The molecule has 1 aromatic carbocycles. The van der Waals surface area contributed by atoms with Crippen LogP contribution in [0.1, 0.15) is 24.8 Å². The molecule has 0 atom stereocenters. The van der Waals surface area contributed by atoms with Gasteiger partial charge in [0.1, 0.15) is 11.9 Å². The van der Waals surface area contributed by atoms with Crippen molar-refractivity contribution < 1.29 is 14.6 Å². The van der Waals surface area contributed by atoms with E-state index in [2.05, 4.69) is 11.9 Å². The predicted octanol–water partition coefficient (Wildman–Crippen LogP) is 1.89. The van der Waals surface area contributed by atoms with Crippen LogP contribution in [0.15, 0.2) is 24.3 Å². The molecule has 0 spiro atoms. The number of nitrogens with zero attached hydrogens (tertiary/aromatic N) is 1. The first kappa shape index (κ1) is 12.5. The Hall–Kier alpha value is -1.55. The van der Waals surface area contributed by atoms with Crippen LogP contribution in [-0.4, -0.2) is 42.2 Å². The topological polar surface area (TPSA) is 49.8 Å². The van der Waals surface area contributed by atoms with Crippen LogP contribution in [0.4, 0.5) is 0 Å². The van der Waals surface area contributed by atoms with E-state index < -0.39 is 5.97 Å². The van der Waals surface area contributed by atoms with Crippen LogP contribution >= 0.6 is 0 Å². The second-order valence-corrected chi connectivity index (χ2v) is 5.81. The molecule has 0 aromatic heterocycles.